The zero-order valence-electron chi connectivity index (χ0n) is 29.5. The van der Waals surface area contributed by atoms with Crippen LogP contribution >= 0.6 is 11.8 Å². The molecule has 2 N–H and O–H groups in total. The zero-order valence-corrected chi connectivity index (χ0v) is 31.4. The van der Waals surface area contributed by atoms with Crippen LogP contribution < -0.4 is 25.1 Å². The van der Waals surface area contributed by atoms with Crippen LogP contribution in [0.15, 0.2) is 46.5 Å². The molecule has 0 saturated heterocycles. The minimum absolute atomic E-state index is 0.0765. The molecule has 4 rings (SSSR count). The number of nitrogens with zero attached hydrogens (tertiary/aromatic N) is 5. The molecule has 4 aromatic rings. The molecule has 13 nitrogen and oxygen atoms in total. The van der Waals surface area contributed by atoms with Gasteiger partial charge in [0.05, 0.1) is 45.3 Å². The molecule has 18 heteroatoms. The minimum atomic E-state index is -4.92. The van der Waals surface area contributed by atoms with Gasteiger partial charge in [-0.15, -0.1) is 5.10 Å². The van der Waals surface area contributed by atoms with Crippen LogP contribution in [0.4, 0.5) is 18.9 Å². The van der Waals surface area contributed by atoms with Crippen molar-refractivity contribution in [2.24, 2.45) is 0 Å². The number of alkyl halides is 3. The third-order valence-electron chi connectivity index (χ3n) is 7.38. The van der Waals surface area contributed by atoms with Crippen LogP contribution in [0.5, 0.6) is 23.1 Å². The Hall–Kier alpha value is -4.55. The lowest BCUT2D eigenvalue weighted by molar-refractivity contribution is -0.136. The summed E-state index contributed by atoms with van der Waals surface area (Å²) in [6.45, 7) is 10.8. The van der Waals surface area contributed by atoms with Crippen LogP contribution in [-0.2, 0) is 24.2 Å². The maximum atomic E-state index is 14.4. The predicted octanol–water partition coefficient (Wildman–Crippen LogP) is 6.37. The van der Waals surface area contributed by atoms with Crippen molar-refractivity contribution < 1.29 is 42.0 Å². The van der Waals surface area contributed by atoms with Gasteiger partial charge in [0.2, 0.25) is 11.6 Å². The van der Waals surface area contributed by atoms with E-state index in [2.05, 4.69) is 40.3 Å². The van der Waals surface area contributed by atoms with Gasteiger partial charge < -0.3 is 29.4 Å². The second-order valence-electron chi connectivity index (χ2n) is 12.9. The van der Waals surface area contributed by atoms with Gasteiger partial charge in [0.25, 0.3) is 11.5 Å². The van der Waals surface area contributed by atoms with Crippen molar-refractivity contribution in [1.82, 2.24) is 24.5 Å². The summed E-state index contributed by atoms with van der Waals surface area (Å²) in [5, 5.41) is 20.9. The van der Waals surface area contributed by atoms with Gasteiger partial charge in [0.15, 0.2) is 22.2 Å². The van der Waals surface area contributed by atoms with Crippen molar-refractivity contribution >= 4 is 31.4 Å². The lowest BCUT2D eigenvalue weighted by atomic mass is 10.1. The first kappa shape index (κ1) is 39.2. The number of rotatable bonds is 15. The van der Waals surface area contributed by atoms with Gasteiger partial charge in [-0.05, 0) is 35.9 Å². The minimum Gasteiger partial charge on any atom is -0.493 e. The van der Waals surface area contributed by atoms with Crippen molar-refractivity contribution in [2.75, 3.05) is 33.3 Å². The van der Waals surface area contributed by atoms with Gasteiger partial charge >= 0.3 is 6.18 Å². The number of benzene rings is 2. The fourth-order valence-corrected chi connectivity index (χ4v) is 6.43. The van der Waals surface area contributed by atoms with Crippen molar-refractivity contribution in [3.05, 3.63) is 63.6 Å². The topological polar surface area (TPSA) is 152 Å². The van der Waals surface area contributed by atoms with Crippen molar-refractivity contribution in [3.8, 4) is 34.4 Å². The third kappa shape index (κ3) is 9.82. The van der Waals surface area contributed by atoms with Crippen molar-refractivity contribution in [1.29, 1.82) is 0 Å². The molecule has 0 unspecified atom stereocenters. The number of hydrogen-bond donors (Lipinski definition) is 2. The maximum absolute atomic E-state index is 14.4. The van der Waals surface area contributed by atoms with E-state index in [1.54, 1.807) is 12.1 Å². The maximum Gasteiger partial charge on any atom is 0.418 e. The summed E-state index contributed by atoms with van der Waals surface area (Å²) < 4.78 is 67.4. The van der Waals surface area contributed by atoms with Crippen LogP contribution in [-0.4, -0.2) is 76.8 Å². The van der Waals surface area contributed by atoms with Gasteiger partial charge in [-0.2, -0.15) is 18.2 Å². The number of halogens is 3. The largest absolute Gasteiger partial charge is 0.493 e. The highest BCUT2D eigenvalue weighted by Crippen LogP contribution is 2.39. The summed E-state index contributed by atoms with van der Waals surface area (Å²) in [6, 6.07) is 7.32. The summed E-state index contributed by atoms with van der Waals surface area (Å²) in [5.74, 6) is -1.30. The average molecular weight is 751 g/mol. The van der Waals surface area contributed by atoms with Crippen LogP contribution in [0.2, 0.25) is 25.7 Å². The van der Waals surface area contributed by atoms with E-state index in [-0.39, 0.29) is 34.9 Å². The molecule has 0 aliphatic rings. The number of aromatic nitrogens is 5. The first-order chi connectivity index (χ1) is 23.9. The fraction of sp³-hybridized carbons (Fsp3) is 0.424. The van der Waals surface area contributed by atoms with E-state index < -0.39 is 48.4 Å². The molecule has 2 aromatic heterocycles. The summed E-state index contributed by atoms with van der Waals surface area (Å²) in [4.78, 5) is 31.5. The molecule has 276 valence electrons. The Morgan fingerprint density at radius 2 is 1.73 bits per heavy atom. The molecule has 0 saturated carbocycles. The number of ether oxygens (including phenoxy) is 4. The lowest BCUT2D eigenvalue weighted by Crippen LogP contribution is -2.32. The molecule has 51 heavy (non-hydrogen) atoms. The predicted molar refractivity (Wildman–Crippen MR) is 189 cm³/mol. The first-order valence-electron chi connectivity index (χ1n) is 15.8. The quantitative estimate of drug-likeness (QED) is 0.0604. The normalized spacial score (nSPS) is 11.9. The van der Waals surface area contributed by atoms with Crippen molar-refractivity contribution in [2.45, 2.75) is 69.4 Å². The average Bonchev–Trinajstić information content (AvgIpc) is 3.52. The monoisotopic (exact) mass is 750 g/mol. The molecule has 0 bridgehead atoms. The van der Waals surface area contributed by atoms with Crippen molar-refractivity contribution in [3.63, 3.8) is 0 Å². The number of hydrogen-bond acceptors (Lipinski definition) is 11. The van der Waals surface area contributed by atoms with Crippen LogP contribution in [0.25, 0.3) is 11.3 Å². The number of carbonyl (C=O) groups excluding carboxylic acids is 1. The van der Waals surface area contributed by atoms with Gasteiger partial charge in [-0.1, -0.05) is 56.5 Å². The van der Waals surface area contributed by atoms with Crippen LogP contribution in [0.1, 0.15) is 35.3 Å². The highest BCUT2D eigenvalue weighted by atomic mass is 32.2. The number of amides is 1. The number of carbonyl (C=O) groups is 1. The molecule has 0 fully saturated rings. The van der Waals surface area contributed by atoms with E-state index >= 15 is 0 Å². The highest BCUT2D eigenvalue weighted by Gasteiger charge is 2.35. The second-order valence-corrected chi connectivity index (χ2v) is 20.1. The Kier molecular flexibility index (Phi) is 12.5. The Balaban J connectivity index is 1.67. The first-order valence-corrected chi connectivity index (χ1v) is 20.3. The molecule has 0 atom stereocenters. The van der Waals surface area contributed by atoms with Gasteiger partial charge in [0.1, 0.15) is 12.4 Å². The number of aromatic hydroxyl groups is 1. The molecule has 0 radical (unpaired) electrons. The van der Waals surface area contributed by atoms with Crippen LogP contribution in [0, 0.1) is 0 Å². The number of nitrogens with one attached hydrogen (secondary N) is 1. The van der Waals surface area contributed by atoms with Crippen LogP contribution in [0.3, 0.4) is 0 Å². The Morgan fingerprint density at radius 3 is 2.29 bits per heavy atom. The second kappa shape index (κ2) is 16.2. The molecule has 1 amide bonds. The molecular formula is C33H41F3N6O7SSi. The smallest absolute Gasteiger partial charge is 0.418 e. The summed E-state index contributed by atoms with van der Waals surface area (Å²) in [7, 11) is 2.98. The molecule has 2 aromatic carbocycles. The summed E-state index contributed by atoms with van der Waals surface area (Å²) in [6.07, 6.45) is -3.46. The Morgan fingerprint density at radius 1 is 1.06 bits per heavy atom. The van der Waals surface area contributed by atoms with E-state index in [0.29, 0.717) is 29.4 Å². The number of methoxy groups -OCH3 is 3. The number of thioether (sulfide) groups is 1. The van der Waals surface area contributed by atoms with E-state index in [0.717, 1.165) is 34.5 Å². The summed E-state index contributed by atoms with van der Waals surface area (Å²) >= 11 is 1.14. The van der Waals surface area contributed by atoms with Gasteiger partial charge in [-0.3, -0.25) is 14.2 Å². The number of anilines is 1. The van der Waals surface area contributed by atoms with Gasteiger partial charge in [0, 0.05) is 25.5 Å². The Labute approximate surface area is 298 Å². The standard InChI is InChI=1S/C33H41F3N6O7SSi/c1-19(2)50-32-38-30(44)27(31(45)42(32)16-20-13-25(46-3)28(48-5)26(14-20)47-4)29(43)37-23-10-9-21(15-22(23)33(34,35)36)24-17-41(40-39-24)18-49-11-12-51(6,7)8/h9-10,13-15,17,19,44H,11-12,16,18H2,1-8H3,(H,37,43). The van der Waals surface area contributed by atoms with E-state index in [1.165, 1.54) is 38.3 Å². The Bertz CT molecular complexity index is 1900. The molecule has 2 heterocycles. The lowest BCUT2D eigenvalue weighted by Gasteiger charge is -2.18. The molecule has 0 aliphatic carbocycles. The SMILES string of the molecule is COc1cc(Cn2c(SC(C)C)nc(O)c(C(=O)Nc3ccc(-c4cn(COCC[Si](C)(C)C)nn4)cc3C(F)(F)F)c2=O)cc(OC)c1OC. The van der Waals surface area contributed by atoms with E-state index in [1.807, 2.05) is 13.8 Å². The van der Waals surface area contributed by atoms with Gasteiger partial charge in [-0.25, -0.2) is 4.68 Å². The summed E-state index contributed by atoms with van der Waals surface area (Å²) in [5.41, 5.74) is -2.94. The molecule has 0 aliphatic heterocycles. The molecular weight excluding hydrogens is 710 g/mol. The molecule has 0 spiro atoms. The zero-order chi connectivity index (χ0) is 37.7. The fourth-order valence-electron chi connectivity index (χ4n) is 4.83. The highest BCUT2D eigenvalue weighted by molar-refractivity contribution is 7.99. The van der Waals surface area contributed by atoms with E-state index in [9.17, 15) is 27.9 Å². The third-order valence-corrected chi connectivity index (χ3v) is 10.1. The van der Waals surface area contributed by atoms with E-state index in [4.69, 9.17) is 18.9 Å².